The molecule has 0 amide bonds. The largest absolute Gasteiger partial charge is 3.00 e. The van der Waals surface area contributed by atoms with Crippen LogP contribution in [0.2, 0.25) is 32.7 Å². The Balaban J connectivity index is 0.00000131. The average molecular weight is 530 g/mol. The van der Waals surface area contributed by atoms with Gasteiger partial charge in [-0.3, -0.25) is 0 Å². The number of halogens is 2. The van der Waals surface area contributed by atoms with Gasteiger partial charge < -0.3 is 34.0 Å². The van der Waals surface area contributed by atoms with E-state index >= 15 is 0 Å². The molecule has 149 valence electrons. The average Bonchev–Trinajstić information content (AvgIpc) is 2.95. The fourth-order valence-electron chi connectivity index (χ4n) is 3.89. The van der Waals surface area contributed by atoms with E-state index in [-0.39, 0.29) is 51.0 Å². The second-order valence-corrected chi connectivity index (χ2v) is 17.4. The number of benzene rings is 1. The van der Waals surface area contributed by atoms with Gasteiger partial charge in [0.1, 0.15) is 12.4 Å². The summed E-state index contributed by atoms with van der Waals surface area (Å²) in [6.45, 7) is 12.9. The van der Waals surface area contributed by atoms with Crippen LogP contribution in [0, 0.1) is 0 Å². The van der Waals surface area contributed by atoms with Gasteiger partial charge in [0.15, 0.2) is 8.32 Å². The Hall–Kier alpha value is -0.0331. The van der Waals surface area contributed by atoms with Crippen molar-refractivity contribution >= 4 is 43.1 Å². The van der Waals surface area contributed by atoms with Gasteiger partial charge in [-0.1, -0.05) is 24.7 Å². The summed E-state index contributed by atoms with van der Waals surface area (Å²) >= 11 is 0. The molecule has 1 radical (unpaired) electrons. The molecule has 0 N–H and O–H groups in total. The summed E-state index contributed by atoms with van der Waals surface area (Å²) in [6, 6.07) is 9.15. The minimum absolute atomic E-state index is 0. The molecule has 0 fully saturated rings. The predicted octanol–water partition coefficient (Wildman–Crippen LogP) is -1.76. The van der Waals surface area contributed by atoms with Crippen molar-refractivity contribution in [2.45, 2.75) is 39.2 Å². The third-order valence-corrected chi connectivity index (χ3v) is 9.55. The van der Waals surface area contributed by atoms with E-state index in [9.17, 15) is 0 Å². The van der Waals surface area contributed by atoms with Gasteiger partial charge in [-0.05, 0) is 43.8 Å². The summed E-state index contributed by atoms with van der Waals surface area (Å²) in [7, 11) is -2.66. The maximum Gasteiger partial charge on any atom is 3.00 e. The van der Waals surface area contributed by atoms with Crippen LogP contribution in [0.25, 0.3) is 16.3 Å². The number of allylic oxidation sites excluding steroid dienone is 3. The Labute approximate surface area is 202 Å². The molecule has 2 aliphatic rings. The first-order chi connectivity index (χ1) is 11.8. The van der Waals surface area contributed by atoms with E-state index in [4.69, 9.17) is 9.16 Å². The molecular weight excluding hydrogens is 503 g/mol. The number of fused-ring (bicyclic) bond motifs is 3. The molecule has 2 aromatic rings. The molecule has 28 heavy (non-hydrogen) atoms. The Morgan fingerprint density at radius 2 is 1.82 bits per heavy atom. The van der Waals surface area contributed by atoms with Gasteiger partial charge in [-0.25, -0.2) is 0 Å². The first-order valence-corrected chi connectivity index (χ1v) is 15.6. The first kappa shape index (κ1) is 26.0. The molecule has 1 aliphatic heterocycles. The summed E-state index contributed by atoms with van der Waals surface area (Å²) in [4.78, 5) is 0. The van der Waals surface area contributed by atoms with Crippen molar-refractivity contribution in [1.82, 2.24) is 0 Å². The molecule has 1 heterocycles. The molecule has 0 saturated carbocycles. The Bertz CT molecular complexity index is 911. The smallest absolute Gasteiger partial charge is 1.00 e. The quantitative estimate of drug-likeness (QED) is 0.251. The van der Waals surface area contributed by atoms with E-state index in [1.807, 2.05) is 0 Å². The molecule has 2 aromatic carbocycles. The first-order valence-electron chi connectivity index (χ1n) is 9.18. The van der Waals surface area contributed by atoms with Crippen LogP contribution in [-0.4, -0.2) is 29.6 Å². The van der Waals surface area contributed by atoms with Crippen LogP contribution >= 0.6 is 0 Å². The summed E-state index contributed by atoms with van der Waals surface area (Å²) in [5, 5.41) is 6.25. The van der Waals surface area contributed by atoms with Crippen LogP contribution < -0.4 is 35.2 Å². The predicted molar refractivity (Wildman–Crippen MR) is 112 cm³/mol. The fraction of sp³-hybridized carbons (Fsp3) is 0.381. The second kappa shape index (κ2) is 9.41. The molecule has 0 unspecified atom stereocenters. The van der Waals surface area contributed by atoms with Crippen molar-refractivity contribution in [2.24, 2.45) is 0 Å². The molecular formula is C21H27Cl2O2Si2Zr. The number of rotatable bonds is 6. The van der Waals surface area contributed by atoms with Crippen molar-refractivity contribution in [3.63, 3.8) is 0 Å². The fourth-order valence-corrected chi connectivity index (χ4v) is 7.94. The van der Waals surface area contributed by atoms with Gasteiger partial charge in [0.05, 0.1) is 6.61 Å². The van der Waals surface area contributed by atoms with Gasteiger partial charge in [0.2, 0.25) is 0 Å². The zero-order chi connectivity index (χ0) is 17.8. The molecule has 0 saturated heterocycles. The van der Waals surface area contributed by atoms with E-state index in [0.29, 0.717) is 13.2 Å². The van der Waals surface area contributed by atoms with Crippen LogP contribution in [0.3, 0.4) is 0 Å². The van der Waals surface area contributed by atoms with Crippen molar-refractivity contribution in [2.75, 3.05) is 13.2 Å². The molecule has 7 heteroatoms. The summed E-state index contributed by atoms with van der Waals surface area (Å²) in [5.74, 6) is 0.996. The topological polar surface area (TPSA) is 18.5 Å². The van der Waals surface area contributed by atoms with E-state index in [1.54, 1.807) is 10.4 Å². The summed E-state index contributed by atoms with van der Waals surface area (Å²) < 4.78 is 11.8. The standard InChI is InChI=1S/C21H27O2Si2.2ClH.Zr/c1-24(2,3)23-12-11-22-17-10-9-15(13-17)18-8-6-7-16-14-19-21(20(16)18)25(19,4)5;;;/h6-8,10,13-14H,9,11-12H2,1-5H3;2*1H;/q-1;;;+3/p-2. The van der Waals surface area contributed by atoms with Crippen LogP contribution in [0.1, 0.15) is 12.0 Å². The Morgan fingerprint density at radius 3 is 2.50 bits per heavy atom. The zero-order valence-electron chi connectivity index (χ0n) is 17.2. The van der Waals surface area contributed by atoms with Crippen LogP contribution in [0.15, 0.2) is 42.2 Å². The Morgan fingerprint density at radius 1 is 1.11 bits per heavy atom. The van der Waals surface area contributed by atoms with Crippen LogP contribution in [0.5, 0.6) is 0 Å². The van der Waals surface area contributed by atoms with Crippen molar-refractivity contribution in [3.8, 4) is 0 Å². The van der Waals surface area contributed by atoms with Crippen molar-refractivity contribution in [3.05, 3.63) is 47.7 Å². The van der Waals surface area contributed by atoms with E-state index in [0.717, 1.165) is 12.2 Å². The van der Waals surface area contributed by atoms with Crippen LogP contribution in [0.4, 0.5) is 0 Å². The van der Waals surface area contributed by atoms with Gasteiger partial charge in [0, 0.05) is 8.07 Å². The van der Waals surface area contributed by atoms with Crippen molar-refractivity contribution < 1.29 is 60.2 Å². The van der Waals surface area contributed by atoms with Crippen molar-refractivity contribution in [1.29, 1.82) is 0 Å². The van der Waals surface area contributed by atoms with Gasteiger partial charge in [-0.15, -0.1) is 29.0 Å². The molecule has 4 rings (SSSR count). The number of hydrogen-bond donors (Lipinski definition) is 0. The monoisotopic (exact) mass is 527 g/mol. The minimum Gasteiger partial charge on any atom is -1.00 e. The van der Waals surface area contributed by atoms with E-state index in [2.05, 4.69) is 69.2 Å². The maximum absolute atomic E-state index is 5.92. The molecule has 2 nitrogen and oxygen atoms in total. The molecule has 0 spiro atoms. The molecule has 0 bridgehead atoms. The normalized spacial score (nSPS) is 16.2. The third kappa shape index (κ3) is 4.99. The molecule has 0 atom stereocenters. The SMILES string of the molecule is C[Si](C)(C)OCCOC1=CCC(c2cccc3[cH-]c4c(c23)[Si]4(C)C)=C1.[Cl-].[Cl-].[Zr+3]. The van der Waals surface area contributed by atoms with Gasteiger partial charge >= 0.3 is 26.2 Å². The maximum atomic E-state index is 5.92. The molecule has 1 aliphatic carbocycles. The Kier molecular flexibility index (Phi) is 8.74. The third-order valence-electron chi connectivity index (χ3n) is 5.22. The minimum atomic E-state index is -1.45. The van der Waals surface area contributed by atoms with E-state index < -0.39 is 16.4 Å². The zero-order valence-corrected chi connectivity index (χ0v) is 23.1. The number of hydrogen-bond acceptors (Lipinski definition) is 2. The summed E-state index contributed by atoms with van der Waals surface area (Å²) in [5.41, 5.74) is 2.79. The van der Waals surface area contributed by atoms with Crippen LogP contribution in [-0.2, 0) is 35.4 Å². The van der Waals surface area contributed by atoms with E-state index in [1.165, 1.54) is 21.9 Å². The van der Waals surface area contributed by atoms with Gasteiger partial charge in [0.25, 0.3) is 0 Å². The second-order valence-electron chi connectivity index (χ2n) is 8.62. The summed E-state index contributed by atoms with van der Waals surface area (Å²) in [6.07, 6.45) is 5.39. The van der Waals surface area contributed by atoms with Gasteiger partial charge in [-0.2, -0.15) is 10.4 Å². The molecule has 0 aromatic heterocycles. The number of ether oxygens (including phenoxy) is 1.